The number of nitrogens with one attached hydrogen (secondary N) is 2. The minimum atomic E-state index is -0.584. The Morgan fingerprint density at radius 2 is 1.97 bits per heavy atom. The fourth-order valence-corrected chi connectivity index (χ4v) is 3.70. The lowest BCUT2D eigenvalue weighted by Gasteiger charge is -2.15. The number of carbonyl (C=O) groups excluding carboxylic acids is 3. The van der Waals surface area contributed by atoms with E-state index in [4.69, 9.17) is 4.74 Å². The Balaban J connectivity index is 1.35. The summed E-state index contributed by atoms with van der Waals surface area (Å²) in [5.41, 5.74) is 3.12. The first-order chi connectivity index (χ1) is 17.4. The van der Waals surface area contributed by atoms with Gasteiger partial charge in [0, 0.05) is 37.5 Å². The average Bonchev–Trinajstić information content (AvgIpc) is 3.26. The Hall–Kier alpha value is -4.53. The van der Waals surface area contributed by atoms with Gasteiger partial charge < -0.3 is 15.4 Å². The first-order valence-electron chi connectivity index (χ1n) is 11.4. The highest BCUT2D eigenvalue weighted by Crippen LogP contribution is 2.29. The summed E-state index contributed by atoms with van der Waals surface area (Å²) in [4.78, 5) is 40.6. The van der Waals surface area contributed by atoms with Crippen LogP contribution in [0.2, 0.25) is 0 Å². The Kier molecular flexibility index (Phi) is 7.69. The molecule has 0 radical (unpaired) electrons. The smallest absolute Gasteiger partial charge is 0.414 e. The minimum Gasteiger partial charge on any atom is -0.442 e. The van der Waals surface area contributed by atoms with Crippen LogP contribution in [0.25, 0.3) is 17.2 Å². The van der Waals surface area contributed by atoms with Crippen LogP contribution in [0.15, 0.2) is 73.1 Å². The second kappa shape index (κ2) is 11.3. The zero-order valence-corrected chi connectivity index (χ0v) is 19.6. The van der Waals surface area contributed by atoms with E-state index in [1.165, 1.54) is 24.0 Å². The van der Waals surface area contributed by atoms with E-state index in [0.717, 1.165) is 11.1 Å². The molecule has 1 atom stereocenters. The number of rotatable bonds is 8. The molecule has 0 bridgehead atoms. The molecule has 0 aliphatic carbocycles. The van der Waals surface area contributed by atoms with Crippen molar-refractivity contribution in [2.24, 2.45) is 0 Å². The molecule has 0 unspecified atom stereocenters. The van der Waals surface area contributed by atoms with Gasteiger partial charge in [-0.3, -0.25) is 19.5 Å². The van der Waals surface area contributed by atoms with E-state index in [-0.39, 0.29) is 24.9 Å². The number of hydrogen-bond acceptors (Lipinski definition) is 5. The summed E-state index contributed by atoms with van der Waals surface area (Å²) in [6.07, 6.45) is 5.37. The van der Waals surface area contributed by atoms with E-state index < -0.39 is 18.0 Å². The highest BCUT2D eigenvalue weighted by Gasteiger charge is 2.32. The largest absolute Gasteiger partial charge is 0.442 e. The number of amides is 3. The van der Waals surface area contributed by atoms with Crippen molar-refractivity contribution in [3.05, 3.63) is 90.0 Å². The van der Waals surface area contributed by atoms with Crippen LogP contribution in [-0.4, -0.2) is 42.1 Å². The number of nitrogens with zero attached hydrogens (tertiary/aromatic N) is 2. The van der Waals surface area contributed by atoms with Crippen molar-refractivity contribution >= 4 is 29.7 Å². The minimum absolute atomic E-state index is 0.200. The van der Waals surface area contributed by atoms with Gasteiger partial charge in [0.05, 0.1) is 18.8 Å². The molecule has 0 spiro atoms. The quantitative estimate of drug-likeness (QED) is 0.471. The summed E-state index contributed by atoms with van der Waals surface area (Å²) < 4.78 is 20.2. The molecule has 0 saturated carbocycles. The standard InChI is InChI=1S/C27H25FN4O4/c1-18(33)30-16-23-17-32(27(35)36-23)22-9-10-24(25(28)13-22)21-7-4-20(5-8-21)15-31-26(34)11-6-19-3-2-12-29-14-19/h2-14,23H,15-17H2,1H3,(H,30,33)(H,31,34)/b11-6+/t23-/m0/s1. The molecule has 4 rings (SSSR count). The average molecular weight is 489 g/mol. The lowest BCUT2D eigenvalue weighted by molar-refractivity contribution is -0.119. The van der Waals surface area contributed by atoms with E-state index in [1.807, 2.05) is 18.2 Å². The molecule has 1 fully saturated rings. The summed E-state index contributed by atoms with van der Waals surface area (Å²) in [5, 5.41) is 5.42. The van der Waals surface area contributed by atoms with Crippen LogP contribution in [0, 0.1) is 5.82 Å². The Morgan fingerprint density at radius 1 is 1.17 bits per heavy atom. The molecule has 2 aromatic carbocycles. The van der Waals surface area contributed by atoms with Gasteiger partial charge >= 0.3 is 6.09 Å². The third-order valence-electron chi connectivity index (χ3n) is 5.56. The Bertz CT molecular complexity index is 1280. The second-order valence-corrected chi connectivity index (χ2v) is 8.25. The molecular formula is C27H25FN4O4. The highest BCUT2D eigenvalue weighted by atomic mass is 19.1. The lowest BCUT2D eigenvalue weighted by atomic mass is 10.0. The van der Waals surface area contributed by atoms with Crippen LogP contribution in [0.4, 0.5) is 14.9 Å². The van der Waals surface area contributed by atoms with Crippen molar-refractivity contribution in [3.8, 4) is 11.1 Å². The van der Waals surface area contributed by atoms with Gasteiger partial charge in [-0.2, -0.15) is 0 Å². The van der Waals surface area contributed by atoms with Gasteiger partial charge in [0.25, 0.3) is 0 Å². The molecule has 1 aromatic heterocycles. The first-order valence-corrected chi connectivity index (χ1v) is 11.4. The third kappa shape index (κ3) is 6.32. The van der Waals surface area contributed by atoms with Crippen molar-refractivity contribution in [2.75, 3.05) is 18.0 Å². The predicted molar refractivity (Wildman–Crippen MR) is 133 cm³/mol. The topological polar surface area (TPSA) is 101 Å². The number of ether oxygens (including phenoxy) is 1. The summed E-state index contributed by atoms with van der Waals surface area (Å²) in [5.74, 6) is -0.928. The van der Waals surface area contributed by atoms with Crippen LogP contribution >= 0.6 is 0 Å². The molecule has 8 nitrogen and oxygen atoms in total. The number of hydrogen-bond donors (Lipinski definition) is 2. The number of aromatic nitrogens is 1. The zero-order chi connectivity index (χ0) is 25.5. The summed E-state index contributed by atoms with van der Waals surface area (Å²) in [6.45, 7) is 2.13. The molecule has 1 aliphatic heterocycles. The van der Waals surface area contributed by atoms with E-state index >= 15 is 0 Å². The molecule has 3 amide bonds. The van der Waals surface area contributed by atoms with Gasteiger partial charge in [0.15, 0.2) is 0 Å². The van der Waals surface area contributed by atoms with Crippen LogP contribution in [0.1, 0.15) is 18.1 Å². The number of pyridine rings is 1. The van der Waals surface area contributed by atoms with Crippen molar-refractivity contribution in [1.82, 2.24) is 15.6 Å². The first kappa shape index (κ1) is 24.6. The van der Waals surface area contributed by atoms with E-state index in [9.17, 15) is 18.8 Å². The summed E-state index contributed by atoms with van der Waals surface area (Å²) in [6, 6.07) is 15.4. The summed E-state index contributed by atoms with van der Waals surface area (Å²) in [7, 11) is 0. The fraction of sp³-hybridized carbons (Fsp3) is 0.185. The normalized spacial score (nSPS) is 15.1. The van der Waals surface area contributed by atoms with Crippen molar-refractivity contribution in [2.45, 2.75) is 19.6 Å². The molecule has 1 saturated heterocycles. The van der Waals surface area contributed by atoms with Gasteiger partial charge in [0.2, 0.25) is 11.8 Å². The SMILES string of the molecule is CC(=O)NC[C@H]1CN(c2ccc(-c3ccc(CNC(=O)/C=C/c4cccnc4)cc3)c(F)c2)C(=O)O1. The number of halogens is 1. The van der Waals surface area contributed by atoms with E-state index in [0.29, 0.717) is 23.4 Å². The number of anilines is 1. The van der Waals surface area contributed by atoms with E-state index in [2.05, 4.69) is 15.6 Å². The summed E-state index contributed by atoms with van der Waals surface area (Å²) >= 11 is 0. The molecule has 2 N–H and O–H groups in total. The van der Waals surface area contributed by atoms with Crippen LogP contribution < -0.4 is 15.5 Å². The molecule has 184 valence electrons. The zero-order valence-electron chi connectivity index (χ0n) is 19.6. The maximum Gasteiger partial charge on any atom is 0.414 e. The molecule has 2 heterocycles. The van der Waals surface area contributed by atoms with Crippen LogP contribution in [0.5, 0.6) is 0 Å². The number of cyclic esters (lactones) is 1. The van der Waals surface area contributed by atoms with Crippen LogP contribution in [-0.2, 0) is 20.9 Å². The van der Waals surface area contributed by atoms with Gasteiger partial charge in [-0.05, 0) is 47.0 Å². The second-order valence-electron chi connectivity index (χ2n) is 8.25. The third-order valence-corrected chi connectivity index (χ3v) is 5.56. The monoisotopic (exact) mass is 488 g/mol. The fourth-order valence-electron chi connectivity index (χ4n) is 3.70. The van der Waals surface area contributed by atoms with Gasteiger partial charge in [-0.1, -0.05) is 30.3 Å². The predicted octanol–water partition coefficient (Wildman–Crippen LogP) is 3.68. The molecule has 36 heavy (non-hydrogen) atoms. The molecule has 1 aliphatic rings. The molecular weight excluding hydrogens is 463 g/mol. The van der Waals surface area contributed by atoms with Gasteiger partial charge in [-0.25, -0.2) is 9.18 Å². The molecule has 9 heteroatoms. The maximum absolute atomic E-state index is 14.9. The maximum atomic E-state index is 14.9. The number of carbonyl (C=O) groups is 3. The number of benzene rings is 2. The Labute approximate surface area is 207 Å². The van der Waals surface area contributed by atoms with Crippen molar-refractivity contribution in [3.63, 3.8) is 0 Å². The van der Waals surface area contributed by atoms with Crippen molar-refractivity contribution in [1.29, 1.82) is 0 Å². The lowest BCUT2D eigenvalue weighted by Crippen LogP contribution is -2.33. The highest BCUT2D eigenvalue weighted by molar-refractivity contribution is 5.91. The van der Waals surface area contributed by atoms with Gasteiger partial charge in [0.1, 0.15) is 11.9 Å². The van der Waals surface area contributed by atoms with Crippen LogP contribution in [0.3, 0.4) is 0 Å². The van der Waals surface area contributed by atoms with Crippen molar-refractivity contribution < 1.29 is 23.5 Å². The van der Waals surface area contributed by atoms with Gasteiger partial charge in [-0.15, -0.1) is 0 Å². The molecule has 3 aromatic rings. The Morgan fingerprint density at radius 3 is 2.67 bits per heavy atom. The van der Waals surface area contributed by atoms with E-state index in [1.54, 1.807) is 48.8 Å².